The SMILES string of the molecule is CCOc1cc(C=C2SC(=O)N(CC(=O)N3CCc4ccccc4C3)C2=O)c(Cl)cc1OC. The number of methoxy groups -OCH3 is 1. The Morgan fingerprint density at radius 1 is 1.18 bits per heavy atom. The Balaban J connectivity index is 1.50. The minimum Gasteiger partial charge on any atom is -0.493 e. The normalized spacial score (nSPS) is 16.9. The van der Waals surface area contributed by atoms with Crippen molar-refractivity contribution in [3.8, 4) is 11.5 Å². The Labute approximate surface area is 201 Å². The molecule has 0 bridgehead atoms. The minimum atomic E-state index is -0.513. The second kappa shape index (κ2) is 9.89. The number of carbonyl (C=O) groups excluding carboxylic acids is 3. The lowest BCUT2D eigenvalue weighted by atomic mass is 10.00. The molecule has 3 amide bonds. The molecule has 2 aliphatic rings. The molecule has 0 spiro atoms. The second-order valence-corrected chi connectivity index (χ2v) is 8.96. The summed E-state index contributed by atoms with van der Waals surface area (Å²) in [7, 11) is 1.51. The maximum absolute atomic E-state index is 12.9. The molecule has 0 unspecified atom stereocenters. The number of halogens is 1. The van der Waals surface area contributed by atoms with Crippen molar-refractivity contribution in [3.63, 3.8) is 0 Å². The molecule has 1 fully saturated rings. The summed E-state index contributed by atoms with van der Waals surface area (Å²) in [6, 6.07) is 11.2. The number of benzene rings is 2. The van der Waals surface area contributed by atoms with Crippen molar-refractivity contribution in [1.82, 2.24) is 9.80 Å². The number of imide groups is 1. The molecule has 2 aromatic rings. The average molecular weight is 487 g/mol. The number of ether oxygens (including phenoxy) is 2. The van der Waals surface area contributed by atoms with E-state index in [9.17, 15) is 14.4 Å². The quantitative estimate of drug-likeness (QED) is 0.564. The summed E-state index contributed by atoms with van der Waals surface area (Å²) < 4.78 is 10.8. The molecule has 9 heteroatoms. The van der Waals surface area contributed by atoms with Crippen molar-refractivity contribution in [2.24, 2.45) is 0 Å². The largest absolute Gasteiger partial charge is 0.493 e. The van der Waals surface area contributed by atoms with Crippen molar-refractivity contribution >= 4 is 46.5 Å². The standard InChI is InChI=1S/C24H23ClN2O5S/c1-3-32-20-10-17(18(25)12-19(20)31-2)11-21-23(29)27(24(30)33-21)14-22(28)26-9-8-15-6-4-5-7-16(15)13-26/h4-7,10-12H,3,8-9,13-14H2,1-2H3. The van der Waals surface area contributed by atoms with E-state index in [1.807, 2.05) is 25.1 Å². The first-order valence-corrected chi connectivity index (χ1v) is 11.7. The molecule has 2 aromatic carbocycles. The third-order valence-corrected chi connectivity index (χ3v) is 6.75. The summed E-state index contributed by atoms with van der Waals surface area (Å²) in [5, 5.41) is -0.128. The van der Waals surface area contributed by atoms with Gasteiger partial charge < -0.3 is 14.4 Å². The van der Waals surface area contributed by atoms with E-state index >= 15 is 0 Å². The lowest BCUT2D eigenvalue weighted by Crippen LogP contribution is -2.44. The van der Waals surface area contributed by atoms with Crippen LogP contribution in [0.25, 0.3) is 6.08 Å². The van der Waals surface area contributed by atoms with E-state index in [0.29, 0.717) is 41.8 Å². The van der Waals surface area contributed by atoms with Crippen LogP contribution >= 0.6 is 23.4 Å². The van der Waals surface area contributed by atoms with Crippen LogP contribution in [-0.2, 0) is 22.6 Å². The van der Waals surface area contributed by atoms with Crippen LogP contribution in [-0.4, -0.2) is 53.7 Å². The number of fused-ring (bicyclic) bond motifs is 1. The predicted molar refractivity (Wildman–Crippen MR) is 127 cm³/mol. The molecule has 7 nitrogen and oxygen atoms in total. The van der Waals surface area contributed by atoms with E-state index in [0.717, 1.165) is 28.6 Å². The molecular weight excluding hydrogens is 464 g/mol. The average Bonchev–Trinajstić information content (AvgIpc) is 3.08. The van der Waals surface area contributed by atoms with Gasteiger partial charge in [-0.15, -0.1) is 0 Å². The van der Waals surface area contributed by atoms with Crippen molar-refractivity contribution < 1.29 is 23.9 Å². The molecule has 33 heavy (non-hydrogen) atoms. The number of rotatable bonds is 6. The van der Waals surface area contributed by atoms with E-state index in [-0.39, 0.29) is 17.4 Å². The second-order valence-electron chi connectivity index (χ2n) is 7.56. The van der Waals surface area contributed by atoms with E-state index in [4.69, 9.17) is 21.1 Å². The van der Waals surface area contributed by atoms with Gasteiger partial charge in [0.15, 0.2) is 11.5 Å². The molecule has 0 radical (unpaired) electrons. The van der Waals surface area contributed by atoms with Crippen molar-refractivity contribution in [1.29, 1.82) is 0 Å². The monoisotopic (exact) mass is 486 g/mol. The summed E-state index contributed by atoms with van der Waals surface area (Å²) in [5.74, 6) is 0.186. The fourth-order valence-corrected chi connectivity index (χ4v) is 4.85. The number of thioether (sulfide) groups is 1. The van der Waals surface area contributed by atoms with Crippen LogP contribution in [0.5, 0.6) is 11.5 Å². The first kappa shape index (κ1) is 23.2. The van der Waals surface area contributed by atoms with Crippen molar-refractivity contribution in [2.45, 2.75) is 19.9 Å². The number of carbonyl (C=O) groups is 3. The lowest BCUT2D eigenvalue weighted by Gasteiger charge is -2.29. The van der Waals surface area contributed by atoms with Crippen molar-refractivity contribution in [3.05, 3.63) is 63.0 Å². The van der Waals surface area contributed by atoms with E-state index in [1.54, 1.807) is 17.0 Å². The molecule has 0 saturated carbocycles. The summed E-state index contributed by atoms with van der Waals surface area (Å²) in [4.78, 5) is 41.2. The zero-order chi connectivity index (χ0) is 23.5. The molecule has 0 atom stereocenters. The van der Waals surface area contributed by atoms with Gasteiger partial charge in [0.25, 0.3) is 11.1 Å². The van der Waals surface area contributed by atoms with Crippen LogP contribution < -0.4 is 9.47 Å². The zero-order valence-electron chi connectivity index (χ0n) is 18.3. The molecule has 172 valence electrons. The molecule has 4 rings (SSSR count). The number of hydrogen-bond donors (Lipinski definition) is 0. The molecule has 0 aromatic heterocycles. The fourth-order valence-electron chi connectivity index (χ4n) is 3.81. The van der Waals surface area contributed by atoms with Gasteiger partial charge in [0.1, 0.15) is 6.54 Å². The summed E-state index contributed by atoms with van der Waals surface area (Å²) in [5.41, 5.74) is 2.83. The highest BCUT2D eigenvalue weighted by molar-refractivity contribution is 8.18. The van der Waals surface area contributed by atoms with Crippen molar-refractivity contribution in [2.75, 3.05) is 26.8 Å². The first-order chi connectivity index (χ1) is 15.9. The topological polar surface area (TPSA) is 76.2 Å². The summed E-state index contributed by atoms with van der Waals surface area (Å²) in [6.07, 6.45) is 2.29. The van der Waals surface area contributed by atoms with Gasteiger partial charge >= 0.3 is 0 Å². The lowest BCUT2D eigenvalue weighted by molar-refractivity contribution is -0.136. The molecule has 1 saturated heterocycles. The van der Waals surface area contributed by atoms with Crippen LogP contribution in [0.3, 0.4) is 0 Å². The Bertz CT molecular complexity index is 1150. The van der Waals surface area contributed by atoms with Gasteiger partial charge in [-0.05, 0) is 53.9 Å². The van der Waals surface area contributed by atoms with Crippen LogP contribution in [0, 0.1) is 0 Å². The zero-order valence-corrected chi connectivity index (χ0v) is 19.9. The molecule has 0 aliphatic carbocycles. The van der Waals surface area contributed by atoms with Gasteiger partial charge in [-0.2, -0.15) is 0 Å². The number of hydrogen-bond acceptors (Lipinski definition) is 6. The van der Waals surface area contributed by atoms with Gasteiger partial charge in [-0.1, -0.05) is 35.9 Å². The number of nitrogens with zero attached hydrogens (tertiary/aromatic N) is 2. The van der Waals surface area contributed by atoms with E-state index in [1.165, 1.54) is 18.7 Å². The third kappa shape index (κ3) is 4.86. The van der Waals surface area contributed by atoms with Gasteiger partial charge in [-0.3, -0.25) is 19.3 Å². The van der Waals surface area contributed by atoms with Crippen LogP contribution in [0.4, 0.5) is 4.79 Å². The van der Waals surface area contributed by atoms with Crippen LogP contribution in [0.1, 0.15) is 23.6 Å². The Hall–Kier alpha value is -2.97. The minimum absolute atomic E-state index is 0.200. The highest BCUT2D eigenvalue weighted by Gasteiger charge is 2.37. The maximum atomic E-state index is 12.9. The van der Waals surface area contributed by atoms with Gasteiger partial charge in [0, 0.05) is 19.2 Å². The van der Waals surface area contributed by atoms with E-state index < -0.39 is 11.1 Å². The predicted octanol–water partition coefficient (Wildman–Crippen LogP) is 4.37. The molecule has 2 heterocycles. The Morgan fingerprint density at radius 2 is 1.94 bits per heavy atom. The van der Waals surface area contributed by atoms with Crippen LogP contribution in [0.15, 0.2) is 41.3 Å². The molecular formula is C24H23ClN2O5S. The van der Waals surface area contributed by atoms with Gasteiger partial charge in [-0.25, -0.2) is 0 Å². The Morgan fingerprint density at radius 3 is 2.67 bits per heavy atom. The fraction of sp³-hybridized carbons (Fsp3) is 0.292. The molecule has 0 N–H and O–H groups in total. The maximum Gasteiger partial charge on any atom is 0.294 e. The summed E-state index contributed by atoms with van der Waals surface area (Å²) >= 11 is 7.14. The molecule has 2 aliphatic heterocycles. The number of amides is 3. The Kier molecular flexibility index (Phi) is 6.95. The highest BCUT2D eigenvalue weighted by atomic mass is 35.5. The van der Waals surface area contributed by atoms with E-state index in [2.05, 4.69) is 6.07 Å². The van der Waals surface area contributed by atoms with Gasteiger partial charge in [0.2, 0.25) is 5.91 Å². The van der Waals surface area contributed by atoms with Crippen LogP contribution in [0.2, 0.25) is 5.02 Å². The summed E-state index contributed by atoms with van der Waals surface area (Å²) in [6.45, 7) is 3.02. The smallest absolute Gasteiger partial charge is 0.294 e. The van der Waals surface area contributed by atoms with Gasteiger partial charge in [0.05, 0.1) is 23.6 Å². The third-order valence-electron chi connectivity index (χ3n) is 5.52. The highest BCUT2D eigenvalue weighted by Crippen LogP contribution is 2.38. The first-order valence-electron chi connectivity index (χ1n) is 10.5.